The van der Waals surface area contributed by atoms with Crippen molar-refractivity contribution in [1.29, 1.82) is 0 Å². The summed E-state index contributed by atoms with van der Waals surface area (Å²) in [6.07, 6.45) is 4.37. The van der Waals surface area contributed by atoms with Crippen LogP contribution in [0.4, 0.5) is 0 Å². The van der Waals surface area contributed by atoms with E-state index in [0.29, 0.717) is 13.2 Å². The Kier molecular flexibility index (Phi) is 8.00. The van der Waals surface area contributed by atoms with Gasteiger partial charge in [0.15, 0.2) is 0 Å². The molecule has 0 saturated heterocycles. The zero-order chi connectivity index (χ0) is 21.9. The molecule has 166 valence electrons. The van der Waals surface area contributed by atoms with Gasteiger partial charge in [-0.25, -0.2) is 4.68 Å². The number of nitrogens with one attached hydrogen (secondary N) is 1. The molecule has 9 heteroatoms. The number of hydrogen-bond acceptors (Lipinski definition) is 6. The van der Waals surface area contributed by atoms with Crippen LogP contribution in [0.15, 0.2) is 6.20 Å². The average Bonchev–Trinajstić information content (AvgIpc) is 3.01. The summed E-state index contributed by atoms with van der Waals surface area (Å²) >= 11 is -1.33. The average molecular weight is 444 g/mol. The zero-order valence-electron chi connectivity index (χ0n) is 19.0. The normalized spacial score (nSPS) is 21.0. The molecule has 0 aromatic carbocycles. The minimum atomic E-state index is -1.33. The third-order valence-corrected chi connectivity index (χ3v) is 8.60. The SMILES string of the molecule is COC(=O)C[C@@]1(N[S@+]([O-])C(C)(C)C)CCCc2c1cnn2COCC[Si](C)(C)C. The second-order valence-electron chi connectivity index (χ2n) is 10.0. The molecule has 1 aliphatic carbocycles. The standard InChI is InChI=1S/C20H37N3O4SSi/c1-19(2,3)28(25)22-20(13-18(24)26-4)10-8-9-17-16(20)14-21-23(17)15-27-11-12-29(5,6)7/h14,22H,8-13,15H2,1-7H3/t20-,28+/m0/s1. The molecule has 0 amide bonds. The highest BCUT2D eigenvalue weighted by Crippen LogP contribution is 2.40. The number of esters is 1. The number of aromatic nitrogens is 2. The van der Waals surface area contributed by atoms with Crippen LogP contribution in [-0.4, -0.2) is 46.8 Å². The van der Waals surface area contributed by atoms with Gasteiger partial charge < -0.3 is 14.0 Å². The maximum Gasteiger partial charge on any atom is 0.307 e. The maximum absolute atomic E-state index is 12.9. The van der Waals surface area contributed by atoms with Crippen LogP contribution < -0.4 is 4.72 Å². The fourth-order valence-electron chi connectivity index (χ4n) is 3.38. The topological polar surface area (TPSA) is 88.4 Å². The number of rotatable bonds is 9. The molecule has 7 nitrogen and oxygen atoms in total. The highest BCUT2D eigenvalue weighted by Gasteiger charge is 2.46. The van der Waals surface area contributed by atoms with Gasteiger partial charge in [0.25, 0.3) is 0 Å². The first-order chi connectivity index (χ1) is 13.4. The van der Waals surface area contributed by atoms with Crippen molar-refractivity contribution in [2.45, 2.75) is 89.2 Å². The van der Waals surface area contributed by atoms with Gasteiger partial charge in [0.2, 0.25) is 0 Å². The molecule has 0 aliphatic heterocycles. The fourth-order valence-corrected chi connectivity index (χ4v) is 5.08. The molecule has 2 rings (SSSR count). The van der Waals surface area contributed by atoms with E-state index in [-0.39, 0.29) is 12.4 Å². The lowest BCUT2D eigenvalue weighted by atomic mass is 9.78. The molecule has 2 atom stereocenters. The lowest BCUT2D eigenvalue weighted by Crippen LogP contribution is -2.53. The van der Waals surface area contributed by atoms with Gasteiger partial charge in [0, 0.05) is 37.3 Å². The summed E-state index contributed by atoms with van der Waals surface area (Å²) in [5.74, 6) is -0.324. The largest absolute Gasteiger partial charge is 0.598 e. The van der Waals surface area contributed by atoms with Crippen LogP contribution in [0.2, 0.25) is 25.7 Å². The summed E-state index contributed by atoms with van der Waals surface area (Å²) in [5.41, 5.74) is 1.24. The minimum Gasteiger partial charge on any atom is -0.598 e. The van der Waals surface area contributed by atoms with E-state index in [4.69, 9.17) is 9.47 Å². The molecule has 1 heterocycles. The van der Waals surface area contributed by atoms with Crippen LogP contribution in [0.1, 0.15) is 51.3 Å². The first-order valence-electron chi connectivity index (χ1n) is 10.3. The van der Waals surface area contributed by atoms with Gasteiger partial charge in [-0.15, -0.1) is 4.72 Å². The number of nitrogens with zero attached hydrogens (tertiary/aromatic N) is 2. The Labute approximate surface area is 179 Å². The van der Waals surface area contributed by atoms with Crippen molar-refractivity contribution in [3.05, 3.63) is 17.5 Å². The highest BCUT2D eigenvalue weighted by molar-refractivity contribution is 7.90. The van der Waals surface area contributed by atoms with Crippen LogP contribution in [0.25, 0.3) is 0 Å². The fraction of sp³-hybridized carbons (Fsp3) is 0.800. The highest BCUT2D eigenvalue weighted by atomic mass is 32.2. The van der Waals surface area contributed by atoms with Gasteiger partial charge >= 0.3 is 5.97 Å². The zero-order valence-corrected chi connectivity index (χ0v) is 20.8. The molecule has 1 aliphatic rings. The van der Waals surface area contributed by atoms with Crippen LogP contribution in [0.3, 0.4) is 0 Å². The van der Waals surface area contributed by atoms with E-state index in [2.05, 4.69) is 29.5 Å². The molecule has 0 unspecified atom stereocenters. The van der Waals surface area contributed by atoms with Crippen molar-refractivity contribution >= 4 is 25.4 Å². The molecule has 1 N–H and O–H groups in total. The van der Waals surface area contributed by atoms with Gasteiger partial charge in [-0.2, -0.15) is 5.10 Å². The Morgan fingerprint density at radius 2 is 2.10 bits per heavy atom. The van der Waals surface area contributed by atoms with Crippen molar-refractivity contribution in [3.63, 3.8) is 0 Å². The number of carbonyl (C=O) groups is 1. The summed E-state index contributed by atoms with van der Waals surface area (Å²) in [6.45, 7) is 13.9. The number of methoxy groups -OCH3 is 1. The Morgan fingerprint density at radius 3 is 2.69 bits per heavy atom. The molecule has 0 spiro atoms. The number of fused-ring (bicyclic) bond motifs is 1. The summed E-state index contributed by atoms with van der Waals surface area (Å²) in [4.78, 5) is 12.2. The number of hydrogen-bond donors (Lipinski definition) is 1. The summed E-state index contributed by atoms with van der Waals surface area (Å²) in [6, 6.07) is 1.11. The van der Waals surface area contributed by atoms with Crippen LogP contribution in [-0.2, 0) is 44.3 Å². The lowest BCUT2D eigenvalue weighted by molar-refractivity contribution is -0.142. The summed E-state index contributed by atoms with van der Waals surface area (Å²) in [5, 5.41) is 4.54. The summed E-state index contributed by atoms with van der Waals surface area (Å²) in [7, 11) is 0.246. The van der Waals surface area contributed by atoms with Crippen molar-refractivity contribution < 1.29 is 18.8 Å². The molecule has 0 radical (unpaired) electrons. The third-order valence-electron chi connectivity index (χ3n) is 5.21. The van der Waals surface area contributed by atoms with E-state index < -0.39 is 29.7 Å². The van der Waals surface area contributed by atoms with Crippen LogP contribution in [0, 0.1) is 0 Å². The lowest BCUT2D eigenvalue weighted by Gasteiger charge is -2.39. The second-order valence-corrected chi connectivity index (χ2v) is 17.6. The Bertz CT molecular complexity index is 699. The van der Waals surface area contributed by atoms with Crippen molar-refractivity contribution in [1.82, 2.24) is 14.5 Å². The maximum atomic E-state index is 12.9. The van der Waals surface area contributed by atoms with E-state index in [1.807, 2.05) is 25.5 Å². The van der Waals surface area contributed by atoms with Gasteiger partial charge in [0.1, 0.15) is 17.0 Å². The van der Waals surface area contributed by atoms with Gasteiger partial charge in [0.05, 0.1) is 19.7 Å². The molecule has 0 saturated carbocycles. The number of carbonyl (C=O) groups excluding carboxylic acids is 1. The van der Waals surface area contributed by atoms with Crippen molar-refractivity contribution in [2.24, 2.45) is 0 Å². The molecule has 0 fully saturated rings. The second kappa shape index (κ2) is 9.51. The van der Waals surface area contributed by atoms with Gasteiger partial charge in [-0.3, -0.25) is 4.79 Å². The quantitative estimate of drug-likeness (QED) is 0.272. The van der Waals surface area contributed by atoms with Crippen LogP contribution >= 0.6 is 0 Å². The van der Waals surface area contributed by atoms with E-state index >= 15 is 0 Å². The van der Waals surface area contributed by atoms with Gasteiger partial charge in [-0.1, -0.05) is 19.6 Å². The Balaban J connectivity index is 2.25. The predicted octanol–water partition coefficient (Wildman–Crippen LogP) is 3.34. The Hall–Kier alpha value is -0.873. The van der Waals surface area contributed by atoms with E-state index in [0.717, 1.165) is 36.8 Å². The van der Waals surface area contributed by atoms with Crippen molar-refractivity contribution in [3.8, 4) is 0 Å². The molecular formula is C20H37N3O4SSi. The predicted molar refractivity (Wildman–Crippen MR) is 119 cm³/mol. The molecular weight excluding hydrogens is 406 g/mol. The number of ether oxygens (including phenoxy) is 2. The van der Waals surface area contributed by atoms with E-state index in [1.165, 1.54) is 7.11 Å². The van der Waals surface area contributed by atoms with Crippen LogP contribution in [0.5, 0.6) is 0 Å². The molecule has 1 aromatic heterocycles. The van der Waals surface area contributed by atoms with Crippen molar-refractivity contribution in [2.75, 3.05) is 13.7 Å². The van der Waals surface area contributed by atoms with Gasteiger partial charge in [-0.05, 0) is 46.1 Å². The summed E-state index contributed by atoms with van der Waals surface area (Å²) < 4.78 is 28.5. The Morgan fingerprint density at radius 1 is 1.41 bits per heavy atom. The van der Waals surface area contributed by atoms with E-state index in [1.54, 1.807) is 6.20 Å². The minimum absolute atomic E-state index is 0.125. The monoisotopic (exact) mass is 443 g/mol. The van der Waals surface area contributed by atoms with E-state index in [9.17, 15) is 9.35 Å². The first kappa shape index (κ1) is 24.4. The molecule has 1 aromatic rings. The third kappa shape index (κ3) is 6.55. The first-order valence-corrected chi connectivity index (χ1v) is 15.1. The molecule has 29 heavy (non-hydrogen) atoms. The molecule has 0 bridgehead atoms. The smallest absolute Gasteiger partial charge is 0.307 e.